The number of nitrogens with one attached hydrogen (secondary N) is 1. The topological polar surface area (TPSA) is 85.0 Å². The number of carbonyl (C=O) groups is 1. The quantitative estimate of drug-likeness (QED) is 0.479. The standard InChI is InChI=1S/C22H20F3N5O2/c1-29-13-12-27-20(29)21(32,22(23,24)25)10-11-26-19(31)15-6-8-16(9-7-15)30-14-28-17-4-2-3-5-18(17)30/h2-9,12-14,32H,10-11H2,1H3,(H,26,31). The summed E-state index contributed by atoms with van der Waals surface area (Å²) in [4.78, 5) is 20.4. The van der Waals surface area contributed by atoms with Gasteiger partial charge in [-0.3, -0.25) is 9.36 Å². The van der Waals surface area contributed by atoms with Crippen LogP contribution in [-0.2, 0) is 12.6 Å². The second-order valence-electron chi connectivity index (χ2n) is 7.38. The third-order valence-electron chi connectivity index (χ3n) is 5.29. The fourth-order valence-electron chi connectivity index (χ4n) is 3.54. The third-order valence-corrected chi connectivity index (χ3v) is 5.29. The van der Waals surface area contributed by atoms with Gasteiger partial charge in [-0.2, -0.15) is 13.2 Å². The molecule has 0 fully saturated rings. The highest BCUT2D eigenvalue weighted by Crippen LogP contribution is 2.40. The normalized spacial score (nSPS) is 13.8. The summed E-state index contributed by atoms with van der Waals surface area (Å²) in [7, 11) is 1.36. The number of benzene rings is 2. The fraction of sp³-hybridized carbons (Fsp3) is 0.227. The van der Waals surface area contributed by atoms with Crippen molar-refractivity contribution >= 4 is 16.9 Å². The van der Waals surface area contributed by atoms with Crippen LogP contribution in [0.4, 0.5) is 13.2 Å². The summed E-state index contributed by atoms with van der Waals surface area (Å²) in [5.74, 6) is -1.08. The van der Waals surface area contributed by atoms with E-state index in [1.807, 2.05) is 28.8 Å². The molecule has 0 aliphatic rings. The number of hydrogen-bond acceptors (Lipinski definition) is 4. The van der Waals surface area contributed by atoms with Gasteiger partial charge >= 0.3 is 6.18 Å². The average Bonchev–Trinajstić information content (AvgIpc) is 3.39. The summed E-state index contributed by atoms with van der Waals surface area (Å²) in [6, 6.07) is 14.2. The number of hydrogen-bond donors (Lipinski definition) is 2. The Morgan fingerprint density at radius 1 is 1.09 bits per heavy atom. The summed E-state index contributed by atoms with van der Waals surface area (Å²) in [5.41, 5.74) is -0.364. The molecule has 0 spiro atoms. The highest BCUT2D eigenvalue weighted by Gasteiger charge is 2.57. The Bertz CT molecular complexity index is 1250. The first-order chi connectivity index (χ1) is 15.2. The smallest absolute Gasteiger partial charge is 0.374 e. The lowest BCUT2D eigenvalue weighted by molar-refractivity contribution is -0.272. The van der Waals surface area contributed by atoms with E-state index in [9.17, 15) is 23.1 Å². The molecule has 4 aromatic rings. The number of para-hydroxylation sites is 2. The first-order valence-electron chi connectivity index (χ1n) is 9.78. The van der Waals surface area contributed by atoms with Crippen LogP contribution in [0.1, 0.15) is 22.6 Å². The Kier molecular flexibility index (Phi) is 5.47. The van der Waals surface area contributed by atoms with Gasteiger partial charge in [0, 0.05) is 43.7 Å². The van der Waals surface area contributed by atoms with Crippen LogP contribution in [0.25, 0.3) is 16.7 Å². The molecule has 10 heteroatoms. The number of rotatable bonds is 6. The van der Waals surface area contributed by atoms with E-state index in [4.69, 9.17) is 0 Å². The molecule has 0 saturated heterocycles. The van der Waals surface area contributed by atoms with Gasteiger partial charge in [0.15, 0.2) is 0 Å². The highest BCUT2D eigenvalue weighted by molar-refractivity contribution is 5.94. The maximum atomic E-state index is 13.6. The molecule has 1 atom stereocenters. The van der Waals surface area contributed by atoms with Gasteiger partial charge in [-0.05, 0) is 36.4 Å². The average molecular weight is 443 g/mol. The highest BCUT2D eigenvalue weighted by atomic mass is 19.4. The number of aryl methyl sites for hydroxylation is 1. The number of fused-ring (bicyclic) bond motifs is 1. The molecule has 2 heterocycles. The van der Waals surface area contributed by atoms with E-state index in [0.29, 0.717) is 0 Å². The molecule has 0 saturated carbocycles. The van der Waals surface area contributed by atoms with E-state index < -0.39 is 36.5 Å². The lowest BCUT2D eigenvalue weighted by atomic mass is 9.97. The number of alkyl halides is 3. The lowest BCUT2D eigenvalue weighted by Gasteiger charge is -2.30. The third kappa shape index (κ3) is 3.84. The number of carbonyl (C=O) groups excluding carboxylic acids is 1. The Morgan fingerprint density at radius 2 is 1.81 bits per heavy atom. The van der Waals surface area contributed by atoms with E-state index in [0.717, 1.165) is 21.3 Å². The molecule has 0 bridgehead atoms. The summed E-state index contributed by atoms with van der Waals surface area (Å²) in [6.45, 7) is -0.393. The molecule has 0 aliphatic carbocycles. The number of aromatic nitrogens is 4. The van der Waals surface area contributed by atoms with Crippen LogP contribution in [-0.4, -0.2) is 42.8 Å². The molecule has 0 aliphatic heterocycles. The predicted molar refractivity (Wildman–Crippen MR) is 111 cm³/mol. The Labute approximate surface area is 181 Å². The first-order valence-corrected chi connectivity index (χ1v) is 9.78. The molecule has 1 unspecified atom stereocenters. The minimum Gasteiger partial charge on any atom is -0.374 e. The molecule has 2 aromatic carbocycles. The van der Waals surface area contributed by atoms with E-state index in [-0.39, 0.29) is 5.56 Å². The summed E-state index contributed by atoms with van der Waals surface area (Å²) in [6.07, 6.45) is -1.56. The van der Waals surface area contributed by atoms with Crippen LogP contribution in [0.3, 0.4) is 0 Å². The minimum atomic E-state index is -4.95. The van der Waals surface area contributed by atoms with Crippen molar-refractivity contribution in [2.24, 2.45) is 7.05 Å². The van der Waals surface area contributed by atoms with Crippen LogP contribution in [0.15, 0.2) is 67.3 Å². The predicted octanol–water partition coefficient (Wildman–Crippen LogP) is 3.33. The number of amides is 1. The molecular weight excluding hydrogens is 423 g/mol. The first kappa shape index (κ1) is 21.6. The Morgan fingerprint density at radius 3 is 2.47 bits per heavy atom. The van der Waals surface area contributed by atoms with Crippen molar-refractivity contribution in [2.75, 3.05) is 6.54 Å². The number of nitrogens with zero attached hydrogens (tertiary/aromatic N) is 4. The zero-order chi connectivity index (χ0) is 22.9. The van der Waals surface area contributed by atoms with E-state index >= 15 is 0 Å². The maximum absolute atomic E-state index is 13.6. The van der Waals surface area contributed by atoms with Crippen molar-refractivity contribution in [1.82, 2.24) is 24.4 Å². The van der Waals surface area contributed by atoms with Crippen molar-refractivity contribution in [3.8, 4) is 5.69 Å². The summed E-state index contributed by atoms with van der Waals surface area (Å²) in [5, 5.41) is 12.8. The summed E-state index contributed by atoms with van der Waals surface area (Å²) < 4.78 is 43.7. The van der Waals surface area contributed by atoms with E-state index in [1.54, 1.807) is 30.6 Å². The second kappa shape index (κ2) is 8.12. The van der Waals surface area contributed by atoms with Gasteiger partial charge in [-0.15, -0.1) is 0 Å². The molecule has 4 rings (SSSR count). The van der Waals surface area contributed by atoms with Crippen LogP contribution in [0.5, 0.6) is 0 Å². The molecule has 2 aromatic heterocycles. The van der Waals surface area contributed by atoms with Crippen molar-refractivity contribution < 1.29 is 23.1 Å². The Hall–Kier alpha value is -3.66. The molecule has 2 N–H and O–H groups in total. The largest absolute Gasteiger partial charge is 0.424 e. The SMILES string of the molecule is Cn1ccnc1C(O)(CCNC(=O)c1ccc(-n2cnc3ccccc32)cc1)C(F)(F)F. The van der Waals surface area contributed by atoms with Crippen molar-refractivity contribution in [3.63, 3.8) is 0 Å². The number of imidazole rings is 2. The van der Waals surface area contributed by atoms with Gasteiger partial charge < -0.3 is 15.0 Å². The summed E-state index contributed by atoms with van der Waals surface area (Å²) >= 11 is 0. The zero-order valence-corrected chi connectivity index (χ0v) is 17.0. The monoisotopic (exact) mass is 443 g/mol. The molecule has 32 heavy (non-hydrogen) atoms. The van der Waals surface area contributed by atoms with Gasteiger partial charge in [-0.25, -0.2) is 9.97 Å². The molecule has 7 nitrogen and oxygen atoms in total. The molecule has 0 radical (unpaired) electrons. The van der Waals surface area contributed by atoms with E-state index in [2.05, 4.69) is 15.3 Å². The van der Waals surface area contributed by atoms with Gasteiger partial charge in [0.2, 0.25) is 5.60 Å². The van der Waals surface area contributed by atoms with E-state index in [1.165, 1.54) is 19.4 Å². The minimum absolute atomic E-state index is 0.283. The Balaban J connectivity index is 1.45. The van der Waals surface area contributed by atoms with Crippen molar-refractivity contribution in [3.05, 3.63) is 78.6 Å². The molecule has 1 amide bonds. The molecule has 166 valence electrons. The zero-order valence-electron chi connectivity index (χ0n) is 17.0. The lowest BCUT2D eigenvalue weighted by Crippen LogP contribution is -2.46. The van der Waals surface area contributed by atoms with Crippen LogP contribution in [0, 0.1) is 0 Å². The van der Waals surface area contributed by atoms with Gasteiger partial charge in [0.1, 0.15) is 12.2 Å². The maximum Gasteiger partial charge on any atom is 0.424 e. The number of halogens is 3. The molecular formula is C22H20F3N5O2. The van der Waals surface area contributed by atoms with Crippen LogP contribution in [0.2, 0.25) is 0 Å². The van der Waals surface area contributed by atoms with Crippen molar-refractivity contribution in [1.29, 1.82) is 0 Å². The second-order valence-corrected chi connectivity index (χ2v) is 7.38. The van der Waals surface area contributed by atoms with Gasteiger partial charge in [0.25, 0.3) is 5.91 Å². The number of aliphatic hydroxyl groups is 1. The van der Waals surface area contributed by atoms with Gasteiger partial charge in [0.05, 0.1) is 11.0 Å². The van der Waals surface area contributed by atoms with Crippen LogP contribution < -0.4 is 5.32 Å². The van der Waals surface area contributed by atoms with Gasteiger partial charge in [-0.1, -0.05) is 12.1 Å². The van der Waals surface area contributed by atoms with Crippen LogP contribution >= 0.6 is 0 Å². The fourth-order valence-corrected chi connectivity index (χ4v) is 3.54. The van der Waals surface area contributed by atoms with Crippen molar-refractivity contribution in [2.45, 2.75) is 18.2 Å².